The van der Waals surface area contributed by atoms with Crippen LogP contribution in [0.3, 0.4) is 0 Å². The number of para-hydroxylation sites is 2. The van der Waals surface area contributed by atoms with Gasteiger partial charge in [-0.05, 0) is 47.5 Å². The van der Waals surface area contributed by atoms with E-state index < -0.39 is 34.5 Å². The zero-order chi connectivity index (χ0) is 31.8. The molecule has 0 spiro atoms. The third kappa shape index (κ3) is 7.70. The predicted octanol–water partition coefficient (Wildman–Crippen LogP) is 3.23. The highest BCUT2D eigenvalue weighted by molar-refractivity contribution is 7.86. The summed E-state index contributed by atoms with van der Waals surface area (Å²) in [4.78, 5) is 12.4. The van der Waals surface area contributed by atoms with Gasteiger partial charge in [-0.15, -0.1) is 0 Å². The van der Waals surface area contributed by atoms with Crippen LogP contribution in [0.25, 0.3) is 0 Å². The van der Waals surface area contributed by atoms with Crippen LogP contribution in [-0.2, 0) is 23.3 Å². The third-order valence-electron chi connectivity index (χ3n) is 7.73. The summed E-state index contributed by atoms with van der Waals surface area (Å²) < 4.78 is 43.9. The number of nitrogens with one attached hydrogen (secondary N) is 1. The quantitative estimate of drug-likeness (QED) is 0.232. The highest BCUT2D eigenvalue weighted by atomic mass is 32.2. The molecule has 4 atom stereocenters. The fourth-order valence-corrected chi connectivity index (χ4v) is 7.28. The minimum atomic E-state index is -4.42. The molecule has 45 heavy (non-hydrogen) atoms. The molecule has 1 fully saturated rings. The van der Waals surface area contributed by atoms with Crippen molar-refractivity contribution in [3.63, 3.8) is 0 Å². The average Bonchev–Trinajstić information content (AvgIpc) is 3.12. The summed E-state index contributed by atoms with van der Waals surface area (Å²) in [7, 11) is -2.91. The summed E-state index contributed by atoms with van der Waals surface area (Å²) in [6, 6.07) is 31.0. The van der Waals surface area contributed by atoms with Crippen LogP contribution in [0.4, 0.5) is 0 Å². The molecule has 5 rings (SSSR count). The van der Waals surface area contributed by atoms with Gasteiger partial charge in [0, 0.05) is 25.7 Å². The monoisotopic (exact) mass is 631 g/mol. The molecule has 1 saturated heterocycles. The van der Waals surface area contributed by atoms with E-state index >= 15 is 0 Å². The van der Waals surface area contributed by atoms with Gasteiger partial charge in [0.25, 0.3) is 16.1 Å². The molecule has 1 aliphatic heterocycles. The molecule has 236 valence electrons. The maximum Gasteiger partial charge on any atom is 0.283 e. The maximum absolute atomic E-state index is 14.8. The molecule has 0 bridgehead atoms. The molecular formula is C34H37N3O7S. The van der Waals surface area contributed by atoms with Gasteiger partial charge < -0.3 is 25.0 Å². The molecule has 0 aliphatic carbocycles. The molecule has 1 heterocycles. The van der Waals surface area contributed by atoms with Crippen molar-refractivity contribution in [3.8, 4) is 11.5 Å². The molecule has 3 N–H and O–H groups in total. The van der Waals surface area contributed by atoms with Crippen LogP contribution >= 0.6 is 0 Å². The van der Waals surface area contributed by atoms with Gasteiger partial charge in [0.05, 0.1) is 12.1 Å². The average molecular weight is 632 g/mol. The molecule has 4 aromatic rings. The van der Waals surface area contributed by atoms with Crippen molar-refractivity contribution in [2.45, 2.75) is 37.4 Å². The van der Waals surface area contributed by atoms with Gasteiger partial charge in [0.15, 0.2) is 0 Å². The fraction of sp³-hybridized carbons (Fsp3) is 0.265. The van der Waals surface area contributed by atoms with E-state index in [4.69, 9.17) is 9.47 Å². The van der Waals surface area contributed by atoms with E-state index in [1.165, 1.54) is 11.4 Å². The van der Waals surface area contributed by atoms with E-state index in [0.717, 1.165) is 4.31 Å². The van der Waals surface area contributed by atoms with Crippen LogP contribution in [0, 0.1) is 0 Å². The summed E-state index contributed by atoms with van der Waals surface area (Å²) in [5.41, 5.74) is 1.56. The van der Waals surface area contributed by atoms with Crippen molar-refractivity contribution >= 4 is 16.1 Å². The molecule has 0 saturated carbocycles. The number of hydrogen-bond acceptors (Lipinski definition) is 7. The number of nitrogens with zero attached hydrogens (tertiary/aromatic N) is 2. The minimum Gasteiger partial charge on any atom is -0.492 e. The summed E-state index contributed by atoms with van der Waals surface area (Å²) >= 11 is 0. The lowest BCUT2D eigenvalue weighted by Crippen LogP contribution is -2.52. The second-order valence-electron chi connectivity index (χ2n) is 10.7. The lowest BCUT2D eigenvalue weighted by molar-refractivity contribution is -0.0565. The molecule has 0 radical (unpaired) electrons. The van der Waals surface area contributed by atoms with E-state index in [1.807, 2.05) is 18.2 Å². The number of aliphatic hydroxyl groups excluding tert-OH is 2. The maximum atomic E-state index is 14.8. The molecule has 10 nitrogen and oxygen atoms in total. The van der Waals surface area contributed by atoms with Crippen molar-refractivity contribution in [3.05, 3.63) is 132 Å². The number of aliphatic hydroxyl groups is 2. The molecule has 4 aromatic carbocycles. The van der Waals surface area contributed by atoms with Crippen molar-refractivity contribution in [1.29, 1.82) is 0 Å². The second-order valence-corrected chi connectivity index (χ2v) is 12.6. The van der Waals surface area contributed by atoms with Crippen molar-refractivity contribution in [2.75, 3.05) is 20.3 Å². The van der Waals surface area contributed by atoms with Crippen LogP contribution in [-0.4, -0.2) is 77.7 Å². The fourth-order valence-electron chi connectivity index (χ4n) is 5.33. The number of carbonyl (C=O) groups is 1. The van der Waals surface area contributed by atoms with Crippen LogP contribution in [0.15, 0.2) is 115 Å². The predicted molar refractivity (Wildman–Crippen MR) is 170 cm³/mol. The number of benzene rings is 4. The second kappa shape index (κ2) is 14.7. The lowest BCUT2D eigenvalue weighted by atomic mass is 9.99. The summed E-state index contributed by atoms with van der Waals surface area (Å²) in [6.45, 7) is -0.753. The van der Waals surface area contributed by atoms with Crippen molar-refractivity contribution in [2.24, 2.45) is 0 Å². The Labute approximate surface area is 263 Å². The first-order valence-electron chi connectivity index (χ1n) is 14.6. The topological polar surface area (TPSA) is 129 Å². The van der Waals surface area contributed by atoms with Crippen LogP contribution in [0.2, 0.25) is 0 Å². The Kier molecular flexibility index (Phi) is 10.5. The Morgan fingerprint density at radius 3 is 1.62 bits per heavy atom. The first kappa shape index (κ1) is 32.1. The lowest BCUT2D eigenvalue weighted by Gasteiger charge is -2.34. The molecule has 2 unspecified atom stereocenters. The zero-order valence-electron chi connectivity index (χ0n) is 24.8. The van der Waals surface area contributed by atoms with Crippen LogP contribution in [0.1, 0.15) is 21.5 Å². The molecule has 1 amide bonds. The smallest absolute Gasteiger partial charge is 0.283 e. The Hall–Kier alpha value is -4.26. The van der Waals surface area contributed by atoms with E-state index in [9.17, 15) is 23.4 Å². The van der Waals surface area contributed by atoms with E-state index in [1.54, 1.807) is 97.1 Å². The van der Waals surface area contributed by atoms with Crippen LogP contribution < -0.4 is 14.8 Å². The number of rotatable bonds is 11. The Balaban J connectivity index is 1.57. The number of carbonyl (C=O) groups excluding carboxylic acids is 1. The normalized spacial score (nSPS) is 21.8. The van der Waals surface area contributed by atoms with Gasteiger partial charge in [-0.3, -0.25) is 4.79 Å². The minimum absolute atomic E-state index is 0.0865. The number of ether oxygens (including phenoxy) is 2. The Morgan fingerprint density at radius 1 is 0.689 bits per heavy atom. The van der Waals surface area contributed by atoms with E-state index in [0.29, 0.717) is 28.2 Å². The highest BCUT2D eigenvalue weighted by Crippen LogP contribution is 2.31. The summed E-state index contributed by atoms with van der Waals surface area (Å²) in [5.74, 6) is 0.652. The Morgan fingerprint density at radius 2 is 1.13 bits per heavy atom. The molecular weight excluding hydrogens is 594 g/mol. The van der Waals surface area contributed by atoms with Gasteiger partial charge in [-0.1, -0.05) is 78.9 Å². The van der Waals surface area contributed by atoms with E-state index in [2.05, 4.69) is 5.32 Å². The molecule has 1 aliphatic rings. The first-order valence-corrected chi connectivity index (χ1v) is 16.0. The Bertz CT molecular complexity index is 1640. The van der Waals surface area contributed by atoms with Gasteiger partial charge in [0.1, 0.15) is 36.9 Å². The largest absolute Gasteiger partial charge is 0.492 e. The molecule has 0 aromatic heterocycles. The van der Waals surface area contributed by atoms with Crippen molar-refractivity contribution in [1.82, 2.24) is 13.9 Å². The zero-order valence-corrected chi connectivity index (χ0v) is 25.7. The standard InChI is InChI=1S/C34H37N3O7S/c1-35-34(40)27-15-11-14-26(20-27)22-37-31(24-44-29-18-9-4-10-19-29)33(39)32(38)30(23-43-28-16-7-3-8-17-28)36(45(37,41)42)21-25-12-5-2-6-13-25/h2-20,30-33,38-39H,21-24H2,1H3,(H,35,40)/t30-,31?,32+,33?/m0/s1. The summed E-state index contributed by atoms with van der Waals surface area (Å²) in [6.07, 6.45) is -3.10. The third-order valence-corrected chi connectivity index (χ3v) is 9.72. The van der Waals surface area contributed by atoms with Gasteiger partial charge in [-0.2, -0.15) is 17.0 Å². The van der Waals surface area contributed by atoms with Crippen LogP contribution in [0.5, 0.6) is 11.5 Å². The number of hydrogen-bond donors (Lipinski definition) is 3. The van der Waals surface area contributed by atoms with Gasteiger partial charge in [-0.25, -0.2) is 0 Å². The number of amides is 1. The van der Waals surface area contributed by atoms with Crippen molar-refractivity contribution < 1.29 is 32.9 Å². The first-order chi connectivity index (χ1) is 21.8. The summed E-state index contributed by atoms with van der Waals surface area (Å²) in [5, 5.41) is 26.0. The van der Waals surface area contributed by atoms with E-state index in [-0.39, 0.29) is 32.2 Å². The SMILES string of the molecule is CNC(=O)c1cccc(CN2C(COc3ccccc3)C(O)[C@H](O)[C@H](COc3ccccc3)N(Cc3ccccc3)S2(=O)=O)c1. The highest BCUT2D eigenvalue weighted by Gasteiger charge is 2.51. The molecule has 11 heteroatoms. The van der Waals surface area contributed by atoms with Gasteiger partial charge >= 0.3 is 0 Å². The van der Waals surface area contributed by atoms with Gasteiger partial charge in [0.2, 0.25) is 0 Å².